The Morgan fingerprint density at radius 3 is 2.92 bits per heavy atom. The van der Waals surface area contributed by atoms with Crippen LogP contribution < -0.4 is 9.47 Å². The van der Waals surface area contributed by atoms with Crippen LogP contribution in [0, 0.1) is 0 Å². The molecule has 1 fully saturated rings. The summed E-state index contributed by atoms with van der Waals surface area (Å²) < 4.78 is 16.0. The summed E-state index contributed by atoms with van der Waals surface area (Å²) >= 11 is 0. The number of amides is 1. The Balaban J connectivity index is 1.58. The Kier molecular flexibility index (Phi) is 3.63. The lowest BCUT2D eigenvalue weighted by molar-refractivity contribution is 0.0728. The molecule has 0 bridgehead atoms. The molecule has 0 radical (unpaired) electrons. The molecule has 2 aliphatic rings. The van der Waals surface area contributed by atoms with Gasteiger partial charge in [0.15, 0.2) is 17.3 Å². The van der Waals surface area contributed by atoms with E-state index in [4.69, 9.17) is 14.0 Å². The second-order valence-corrected chi connectivity index (χ2v) is 6.37. The molecule has 2 aliphatic heterocycles. The summed E-state index contributed by atoms with van der Waals surface area (Å²) in [6.07, 6.45) is 1.76. The van der Waals surface area contributed by atoms with Crippen LogP contribution in [0.4, 0.5) is 0 Å². The predicted octanol–water partition coefficient (Wildman–Crippen LogP) is 2.90. The van der Waals surface area contributed by atoms with Crippen LogP contribution >= 0.6 is 0 Å². The van der Waals surface area contributed by atoms with Crippen molar-refractivity contribution in [3.63, 3.8) is 0 Å². The van der Waals surface area contributed by atoms with E-state index >= 15 is 0 Å². The monoisotopic (exact) mass is 329 g/mol. The topological polar surface area (TPSA) is 77.7 Å². The Hall–Kier alpha value is -2.57. The second-order valence-electron chi connectivity index (χ2n) is 6.37. The number of hydrogen-bond acceptors (Lipinski definition) is 6. The fraction of sp³-hybridized carbons (Fsp3) is 0.471. The molecule has 2 aromatic rings. The lowest BCUT2D eigenvalue weighted by Crippen LogP contribution is -2.31. The van der Waals surface area contributed by atoms with Crippen molar-refractivity contribution in [2.45, 2.75) is 38.6 Å². The van der Waals surface area contributed by atoms with E-state index in [0.717, 1.165) is 12.8 Å². The van der Waals surface area contributed by atoms with Gasteiger partial charge in [0.1, 0.15) is 0 Å². The van der Waals surface area contributed by atoms with E-state index in [9.17, 15) is 4.79 Å². The van der Waals surface area contributed by atoms with Gasteiger partial charge in [0.05, 0.1) is 6.04 Å². The van der Waals surface area contributed by atoms with Crippen LogP contribution in [0.3, 0.4) is 0 Å². The number of aromatic nitrogens is 2. The summed E-state index contributed by atoms with van der Waals surface area (Å²) in [5.41, 5.74) is 0.582. The van der Waals surface area contributed by atoms with Gasteiger partial charge in [-0.25, -0.2) is 0 Å². The predicted molar refractivity (Wildman–Crippen MR) is 84.0 cm³/mol. The third-order valence-corrected chi connectivity index (χ3v) is 4.38. The van der Waals surface area contributed by atoms with Gasteiger partial charge in [-0.1, -0.05) is 19.0 Å². The molecular weight excluding hydrogens is 310 g/mol. The standard InChI is InChI=1S/C17H19N3O4/c1-10(2)16-18-15(19-24-16)12-4-3-7-20(12)17(21)11-5-6-13-14(8-11)23-9-22-13/h5-6,8,10,12H,3-4,7,9H2,1-2H3/t12-/m0/s1. The molecular formula is C17H19N3O4. The summed E-state index contributed by atoms with van der Waals surface area (Å²) in [7, 11) is 0. The lowest BCUT2D eigenvalue weighted by Gasteiger charge is -2.22. The lowest BCUT2D eigenvalue weighted by atomic mass is 10.1. The molecule has 7 heteroatoms. The highest BCUT2D eigenvalue weighted by Gasteiger charge is 2.34. The number of fused-ring (bicyclic) bond motifs is 1. The quantitative estimate of drug-likeness (QED) is 0.861. The number of carbonyl (C=O) groups excluding carboxylic acids is 1. The van der Waals surface area contributed by atoms with Gasteiger partial charge in [-0.2, -0.15) is 4.98 Å². The summed E-state index contributed by atoms with van der Waals surface area (Å²) in [6.45, 7) is 4.88. The van der Waals surface area contributed by atoms with Crippen molar-refractivity contribution in [2.75, 3.05) is 13.3 Å². The molecule has 126 valence electrons. The zero-order chi connectivity index (χ0) is 16.7. The molecule has 7 nitrogen and oxygen atoms in total. The number of benzene rings is 1. The highest BCUT2D eigenvalue weighted by molar-refractivity contribution is 5.95. The number of nitrogens with zero attached hydrogens (tertiary/aromatic N) is 3. The van der Waals surface area contributed by atoms with Gasteiger partial charge in [-0.3, -0.25) is 4.79 Å². The van der Waals surface area contributed by atoms with E-state index < -0.39 is 0 Å². The highest BCUT2D eigenvalue weighted by Crippen LogP contribution is 2.36. The SMILES string of the molecule is CC(C)c1nc([C@@H]2CCCN2C(=O)c2ccc3c(c2)OCO3)no1. The Morgan fingerprint density at radius 1 is 1.29 bits per heavy atom. The molecule has 0 aliphatic carbocycles. The molecule has 0 spiro atoms. The molecule has 1 amide bonds. The van der Waals surface area contributed by atoms with E-state index in [1.807, 2.05) is 18.7 Å². The van der Waals surface area contributed by atoms with Gasteiger partial charge < -0.3 is 18.9 Å². The highest BCUT2D eigenvalue weighted by atomic mass is 16.7. The van der Waals surface area contributed by atoms with Crippen LogP contribution in [-0.4, -0.2) is 34.3 Å². The first-order valence-electron chi connectivity index (χ1n) is 8.17. The van der Waals surface area contributed by atoms with Gasteiger partial charge in [0, 0.05) is 18.0 Å². The summed E-state index contributed by atoms with van der Waals surface area (Å²) in [6, 6.07) is 5.13. The first-order valence-corrected chi connectivity index (χ1v) is 8.17. The number of rotatable bonds is 3. The molecule has 1 aromatic carbocycles. The number of ether oxygens (including phenoxy) is 2. The van der Waals surface area contributed by atoms with Gasteiger partial charge in [-0.05, 0) is 31.0 Å². The van der Waals surface area contributed by atoms with Crippen molar-refractivity contribution in [1.82, 2.24) is 15.0 Å². The third-order valence-electron chi connectivity index (χ3n) is 4.38. The van der Waals surface area contributed by atoms with Crippen molar-refractivity contribution in [1.29, 1.82) is 0 Å². The molecule has 1 saturated heterocycles. The summed E-state index contributed by atoms with van der Waals surface area (Å²) in [4.78, 5) is 19.2. The number of carbonyl (C=O) groups is 1. The van der Waals surface area contributed by atoms with Crippen LogP contribution in [0.25, 0.3) is 0 Å². The van der Waals surface area contributed by atoms with Crippen molar-refractivity contribution >= 4 is 5.91 Å². The van der Waals surface area contributed by atoms with Crippen molar-refractivity contribution < 1.29 is 18.8 Å². The first kappa shape index (κ1) is 15.0. The average molecular weight is 329 g/mol. The maximum absolute atomic E-state index is 12.9. The van der Waals surface area contributed by atoms with Crippen LogP contribution in [-0.2, 0) is 0 Å². The Bertz CT molecular complexity index is 771. The van der Waals surface area contributed by atoms with Crippen LogP contribution in [0.1, 0.15) is 60.7 Å². The average Bonchev–Trinajstić information content (AvgIpc) is 3.31. The molecule has 0 unspecified atom stereocenters. The van der Waals surface area contributed by atoms with E-state index in [1.165, 1.54) is 0 Å². The zero-order valence-electron chi connectivity index (χ0n) is 13.7. The van der Waals surface area contributed by atoms with Crippen LogP contribution in [0.2, 0.25) is 0 Å². The Morgan fingerprint density at radius 2 is 2.12 bits per heavy atom. The molecule has 0 saturated carbocycles. The minimum atomic E-state index is -0.140. The fourth-order valence-corrected chi connectivity index (χ4v) is 3.09. The number of likely N-dealkylation sites (tertiary alicyclic amines) is 1. The van der Waals surface area contributed by atoms with Crippen molar-refractivity contribution in [2.24, 2.45) is 0 Å². The normalized spacial score (nSPS) is 19.3. The van der Waals surface area contributed by atoms with Gasteiger partial charge in [0.25, 0.3) is 5.91 Å². The molecule has 1 aromatic heterocycles. The maximum Gasteiger partial charge on any atom is 0.254 e. The molecule has 3 heterocycles. The second kappa shape index (κ2) is 5.81. The number of hydrogen-bond donors (Lipinski definition) is 0. The molecule has 0 N–H and O–H groups in total. The van der Waals surface area contributed by atoms with Gasteiger partial charge >= 0.3 is 0 Å². The van der Waals surface area contributed by atoms with E-state index in [-0.39, 0.29) is 24.7 Å². The fourth-order valence-electron chi connectivity index (χ4n) is 3.09. The van der Waals surface area contributed by atoms with E-state index in [0.29, 0.717) is 35.3 Å². The van der Waals surface area contributed by atoms with E-state index in [2.05, 4.69) is 10.1 Å². The first-order chi connectivity index (χ1) is 11.6. The molecule has 4 rings (SSSR count). The zero-order valence-corrected chi connectivity index (χ0v) is 13.7. The third kappa shape index (κ3) is 2.50. The Labute approximate surface area is 139 Å². The minimum Gasteiger partial charge on any atom is -0.454 e. The summed E-state index contributed by atoms with van der Waals surface area (Å²) in [5.74, 6) is 2.59. The largest absolute Gasteiger partial charge is 0.454 e. The van der Waals surface area contributed by atoms with Crippen molar-refractivity contribution in [3.8, 4) is 11.5 Å². The molecule has 24 heavy (non-hydrogen) atoms. The smallest absolute Gasteiger partial charge is 0.254 e. The van der Waals surface area contributed by atoms with Crippen molar-refractivity contribution in [3.05, 3.63) is 35.5 Å². The molecule has 1 atom stereocenters. The van der Waals surface area contributed by atoms with Crippen LogP contribution in [0.5, 0.6) is 11.5 Å². The minimum absolute atomic E-state index is 0.0494. The van der Waals surface area contributed by atoms with Gasteiger partial charge in [-0.15, -0.1) is 0 Å². The maximum atomic E-state index is 12.9. The van der Waals surface area contributed by atoms with Gasteiger partial charge in [0.2, 0.25) is 12.7 Å². The van der Waals surface area contributed by atoms with Crippen LogP contribution in [0.15, 0.2) is 22.7 Å². The summed E-state index contributed by atoms with van der Waals surface area (Å²) in [5, 5.41) is 4.08. The van der Waals surface area contributed by atoms with E-state index in [1.54, 1.807) is 18.2 Å².